The molecule has 0 radical (unpaired) electrons. The molecule has 1 rings (SSSR count). The molecule has 0 aromatic heterocycles. The molecule has 110 valence electrons. The van der Waals surface area contributed by atoms with Crippen molar-refractivity contribution in [2.75, 3.05) is 13.6 Å². The molecule has 5 nitrogen and oxygen atoms in total. The fourth-order valence-corrected chi connectivity index (χ4v) is 2.72. The van der Waals surface area contributed by atoms with E-state index in [2.05, 4.69) is 6.92 Å². The number of aliphatic carboxylic acids is 1. The molecule has 5 heteroatoms. The van der Waals surface area contributed by atoms with Gasteiger partial charge in [0.15, 0.2) is 0 Å². The number of carbonyl (C=O) groups excluding carboxylic acids is 1. The first kappa shape index (κ1) is 15.8. The highest BCUT2D eigenvalue weighted by molar-refractivity contribution is 5.80. The maximum absolute atomic E-state index is 12.5. The maximum atomic E-state index is 12.5. The SMILES string of the molecule is CCCC(C)N(C)C(=O)N(CC(=O)O)C1CCCC1. The molecule has 0 aromatic carbocycles. The fourth-order valence-electron chi connectivity index (χ4n) is 2.72. The minimum atomic E-state index is -0.934. The van der Waals surface area contributed by atoms with E-state index in [-0.39, 0.29) is 24.7 Å². The molecule has 1 N–H and O–H groups in total. The molecule has 1 fully saturated rings. The highest BCUT2D eigenvalue weighted by atomic mass is 16.4. The number of nitrogens with zero attached hydrogens (tertiary/aromatic N) is 2. The third-order valence-electron chi connectivity index (χ3n) is 3.99. The van der Waals surface area contributed by atoms with Crippen LogP contribution in [0, 0.1) is 0 Å². The van der Waals surface area contributed by atoms with Crippen LogP contribution in [-0.2, 0) is 4.79 Å². The van der Waals surface area contributed by atoms with Gasteiger partial charge in [-0.3, -0.25) is 4.79 Å². The van der Waals surface area contributed by atoms with Crippen LogP contribution < -0.4 is 0 Å². The Morgan fingerprint density at radius 3 is 2.37 bits per heavy atom. The lowest BCUT2D eigenvalue weighted by Gasteiger charge is -2.34. The number of amides is 2. The largest absolute Gasteiger partial charge is 0.480 e. The summed E-state index contributed by atoms with van der Waals surface area (Å²) in [4.78, 5) is 26.7. The van der Waals surface area contributed by atoms with Gasteiger partial charge < -0.3 is 14.9 Å². The summed E-state index contributed by atoms with van der Waals surface area (Å²) in [5.74, 6) is -0.934. The molecule has 1 unspecified atom stereocenters. The molecule has 1 saturated carbocycles. The Morgan fingerprint density at radius 2 is 1.89 bits per heavy atom. The molecule has 2 amide bonds. The highest BCUT2D eigenvalue weighted by Gasteiger charge is 2.31. The van der Waals surface area contributed by atoms with E-state index in [1.165, 1.54) is 0 Å². The lowest BCUT2D eigenvalue weighted by molar-refractivity contribution is -0.138. The summed E-state index contributed by atoms with van der Waals surface area (Å²) < 4.78 is 0. The Labute approximate surface area is 115 Å². The molecule has 0 saturated heterocycles. The van der Waals surface area contributed by atoms with Gasteiger partial charge in [-0.15, -0.1) is 0 Å². The highest BCUT2D eigenvalue weighted by Crippen LogP contribution is 2.24. The summed E-state index contributed by atoms with van der Waals surface area (Å²) in [6.07, 6.45) is 5.98. The summed E-state index contributed by atoms with van der Waals surface area (Å²) in [6, 6.07) is 0.102. The summed E-state index contributed by atoms with van der Waals surface area (Å²) in [7, 11) is 1.77. The second kappa shape index (κ2) is 7.36. The van der Waals surface area contributed by atoms with E-state index >= 15 is 0 Å². The van der Waals surface area contributed by atoms with Gasteiger partial charge in [0.2, 0.25) is 0 Å². The van der Waals surface area contributed by atoms with Crippen molar-refractivity contribution in [1.82, 2.24) is 9.80 Å². The van der Waals surface area contributed by atoms with E-state index in [0.29, 0.717) is 0 Å². The first-order valence-electron chi connectivity index (χ1n) is 7.22. The Kier molecular flexibility index (Phi) is 6.12. The minimum Gasteiger partial charge on any atom is -0.480 e. The second-order valence-corrected chi connectivity index (χ2v) is 5.49. The molecular formula is C14H26N2O3. The Hall–Kier alpha value is -1.26. The van der Waals surface area contributed by atoms with E-state index in [9.17, 15) is 9.59 Å². The van der Waals surface area contributed by atoms with Gasteiger partial charge in [0.05, 0.1) is 0 Å². The lowest BCUT2D eigenvalue weighted by Crippen LogP contribution is -2.50. The molecule has 19 heavy (non-hydrogen) atoms. The van der Waals surface area contributed by atoms with Crippen LogP contribution in [0.3, 0.4) is 0 Å². The van der Waals surface area contributed by atoms with Crippen molar-refractivity contribution in [1.29, 1.82) is 0 Å². The lowest BCUT2D eigenvalue weighted by atomic mass is 10.1. The standard InChI is InChI=1S/C14H26N2O3/c1-4-7-11(2)15(3)14(19)16(10-13(17)18)12-8-5-6-9-12/h11-12H,4-10H2,1-3H3,(H,17,18). The molecule has 0 bridgehead atoms. The van der Waals surface area contributed by atoms with E-state index in [4.69, 9.17) is 5.11 Å². The van der Waals surface area contributed by atoms with Crippen molar-refractivity contribution in [2.24, 2.45) is 0 Å². The number of carboxylic acids is 1. The molecule has 1 aliphatic rings. The van der Waals surface area contributed by atoms with Crippen molar-refractivity contribution in [3.63, 3.8) is 0 Å². The van der Waals surface area contributed by atoms with Gasteiger partial charge >= 0.3 is 12.0 Å². The zero-order valence-corrected chi connectivity index (χ0v) is 12.3. The zero-order valence-electron chi connectivity index (χ0n) is 12.3. The summed E-state index contributed by atoms with van der Waals surface area (Å²) in [5, 5.41) is 9.00. The normalized spacial score (nSPS) is 17.2. The number of hydrogen-bond donors (Lipinski definition) is 1. The molecule has 0 spiro atoms. The zero-order chi connectivity index (χ0) is 14.4. The molecule has 1 atom stereocenters. The Morgan fingerprint density at radius 1 is 1.32 bits per heavy atom. The van der Waals surface area contributed by atoms with Crippen LogP contribution in [0.5, 0.6) is 0 Å². The molecular weight excluding hydrogens is 244 g/mol. The van der Waals surface area contributed by atoms with Gasteiger partial charge in [-0.25, -0.2) is 4.79 Å². The Bertz CT molecular complexity index is 314. The van der Waals surface area contributed by atoms with E-state index in [0.717, 1.165) is 38.5 Å². The van der Waals surface area contributed by atoms with Gasteiger partial charge in [-0.1, -0.05) is 26.2 Å². The predicted molar refractivity (Wildman–Crippen MR) is 74.1 cm³/mol. The van der Waals surface area contributed by atoms with Crippen molar-refractivity contribution < 1.29 is 14.7 Å². The number of hydrogen-bond acceptors (Lipinski definition) is 2. The van der Waals surface area contributed by atoms with Crippen molar-refractivity contribution >= 4 is 12.0 Å². The number of carboxylic acid groups (broad SMARTS) is 1. The molecule has 1 aliphatic carbocycles. The van der Waals surface area contributed by atoms with Gasteiger partial charge in [-0.05, 0) is 26.2 Å². The van der Waals surface area contributed by atoms with Crippen LogP contribution in [0.2, 0.25) is 0 Å². The van der Waals surface area contributed by atoms with Crippen LogP contribution >= 0.6 is 0 Å². The quantitative estimate of drug-likeness (QED) is 0.807. The van der Waals surface area contributed by atoms with Gasteiger partial charge in [0.25, 0.3) is 0 Å². The number of carbonyl (C=O) groups is 2. The van der Waals surface area contributed by atoms with Crippen molar-refractivity contribution in [2.45, 2.75) is 64.5 Å². The smallest absolute Gasteiger partial charge is 0.323 e. The van der Waals surface area contributed by atoms with Crippen LogP contribution in [-0.4, -0.2) is 52.6 Å². The van der Waals surface area contributed by atoms with Crippen molar-refractivity contribution in [3.05, 3.63) is 0 Å². The predicted octanol–water partition coefficient (Wildman–Crippen LogP) is 2.56. The third-order valence-corrected chi connectivity index (χ3v) is 3.99. The Balaban J connectivity index is 2.72. The minimum absolute atomic E-state index is 0.0971. The average Bonchev–Trinajstić information content (AvgIpc) is 2.87. The van der Waals surface area contributed by atoms with E-state index in [1.54, 1.807) is 16.8 Å². The first-order valence-corrected chi connectivity index (χ1v) is 7.22. The monoisotopic (exact) mass is 270 g/mol. The fraction of sp³-hybridized carbons (Fsp3) is 0.857. The van der Waals surface area contributed by atoms with Crippen LogP contribution in [0.1, 0.15) is 52.4 Å². The number of urea groups is 1. The topological polar surface area (TPSA) is 60.9 Å². The van der Waals surface area contributed by atoms with Crippen LogP contribution in [0.4, 0.5) is 4.79 Å². The third kappa shape index (κ3) is 4.40. The van der Waals surface area contributed by atoms with E-state index < -0.39 is 5.97 Å². The van der Waals surface area contributed by atoms with Gasteiger partial charge in [-0.2, -0.15) is 0 Å². The first-order chi connectivity index (χ1) is 8.97. The average molecular weight is 270 g/mol. The second-order valence-electron chi connectivity index (χ2n) is 5.49. The molecule has 0 aliphatic heterocycles. The maximum Gasteiger partial charge on any atom is 0.323 e. The van der Waals surface area contributed by atoms with E-state index in [1.807, 2.05) is 6.92 Å². The summed E-state index contributed by atoms with van der Waals surface area (Å²) in [6.45, 7) is 3.91. The van der Waals surface area contributed by atoms with Gasteiger partial charge in [0, 0.05) is 19.1 Å². The van der Waals surface area contributed by atoms with Crippen LogP contribution in [0.25, 0.3) is 0 Å². The molecule has 0 aromatic rings. The van der Waals surface area contributed by atoms with Crippen LogP contribution in [0.15, 0.2) is 0 Å². The van der Waals surface area contributed by atoms with Crippen molar-refractivity contribution in [3.8, 4) is 0 Å². The number of rotatable bonds is 6. The summed E-state index contributed by atoms with van der Waals surface area (Å²) in [5.41, 5.74) is 0. The molecule has 0 heterocycles. The van der Waals surface area contributed by atoms with Gasteiger partial charge in [0.1, 0.15) is 6.54 Å². The summed E-state index contributed by atoms with van der Waals surface area (Å²) >= 11 is 0.